The van der Waals surface area contributed by atoms with Gasteiger partial charge in [0.05, 0.1) is 23.8 Å². The van der Waals surface area contributed by atoms with Gasteiger partial charge in [0, 0.05) is 19.3 Å². The van der Waals surface area contributed by atoms with Crippen molar-refractivity contribution in [2.45, 2.75) is 39.8 Å². The summed E-state index contributed by atoms with van der Waals surface area (Å²) in [5.74, 6) is 1.50. The average Bonchev–Trinajstić information content (AvgIpc) is 2.39. The van der Waals surface area contributed by atoms with Gasteiger partial charge in [-0.3, -0.25) is 0 Å². The number of rotatable bonds is 5. The lowest BCUT2D eigenvalue weighted by molar-refractivity contribution is 0.0639. The van der Waals surface area contributed by atoms with Crippen molar-refractivity contribution in [1.82, 2.24) is 10.3 Å². The Morgan fingerprint density at radius 3 is 2.86 bits per heavy atom. The van der Waals surface area contributed by atoms with E-state index < -0.39 is 0 Å². The van der Waals surface area contributed by atoms with Crippen LogP contribution in [0.25, 0.3) is 0 Å². The van der Waals surface area contributed by atoms with Crippen molar-refractivity contribution in [1.29, 1.82) is 0 Å². The monoisotopic (exact) mass is 311 g/mol. The van der Waals surface area contributed by atoms with Crippen molar-refractivity contribution in [3.63, 3.8) is 0 Å². The molecule has 21 heavy (non-hydrogen) atoms. The summed E-state index contributed by atoms with van der Waals surface area (Å²) >= 11 is 6.46. The molecule has 1 aliphatic rings. The van der Waals surface area contributed by atoms with Crippen LogP contribution in [0.3, 0.4) is 0 Å². The van der Waals surface area contributed by atoms with Crippen molar-refractivity contribution < 1.29 is 4.74 Å². The summed E-state index contributed by atoms with van der Waals surface area (Å²) in [6, 6.07) is 2.02. The molecule has 1 N–H and O–H groups in total. The minimum Gasteiger partial charge on any atom is -0.377 e. The summed E-state index contributed by atoms with van der Waals surface area (Å²) in [5.41, 5.74) is 1.04. The molecule has 1 aromatic heterocycles. The Kier molecular flexibility index (Phi) is 5.47. The van der Waals surface area contributed by atoms with Crippen LogP contribution in [0.15, 0.2) is 12.3 Å². The first-order valence-electron chi connectivity index (χ1n) is 7.60. The number of anilines is 1. The highest BCUT2D eigenvalue weighted by molar-refractivity contribution is 6.33. The molecular formula is C16H26ClN3O. The van der Waals surface area contributed by atoms with E-state index in [1.54, 1.807) is 0 Å². The second kappa shape index (κ2) is 6.95. The number of hydrogen-bond acceptors (Lipinski definition) is 4. The molecule has 2 heterocycles. The lowest BCUT2D eigenvalue weighted by Gasteiger charge is -2.43. The zero-order chi connectivity index (χ0) is 15.5. The molecule has 4 nitrogen and oxygen atoms in total. The number of pyridine rings is 1. The summed E-state index contributed by atoms with van der Waals surface area (Å²) in [6.45, 7) is 12.7. The fourth-order valence-corrected chi connectivity index (χ4v) is 2.81. The molecule has 2 rings (SSSR count). The Labute approximate surface area is 132 Å². The van der Waals surface area contributed by atoms with Crippen LogP contribution < -0.4 is 10.2 Å². The second-order valence-electron chi connectivity index (χ2n) is 6.69. The van der Waals surface area contributed by atoms with Gasteiger partial charge < -0.3 is 15.0 Å². The molecule has 0 spiro atoms. The van der Waals surface area contributed by atoms with Gasteiger partial charge in [0.2, 0.25) is 0 Å². The van der Waals surface area contributed by atoms with Gasteiger partial charge in [-0.05, 0) is 37.9 Å². The van der Waals surface area contributed by atoms with E-state index in [9.17, 15) is 0 Å². The molecule has 0 aliphatic carbocycles. The molecule has 1 aromatic rings. The largest absolute Gasteiger partial charge is 0.377 e. The van der Waals surface area contributed by atoms with Crippen LogP contribution in [0.2, 0.25) is 5.02 Å². The molecular weight excluding hydrogens is 286 g/mol. The quantitative estimate of drug-likeness (QED) is 0.906. The Morgan fingerprint density at radius 2 is 2.24 bits per heavy atom. The number of morpholine rings is 1. The maximum absolute atomic E-state index is 6.46. The molecule has 1 saturated heterocycles. The number of nitrogens with zero attached hydrogens (tertiary/aromatic N) is 2. The Bertz CT molecular complexity index is 477. The van der Waals surface area contributed by atoms with Crippen LogP contribution in [0.1, 0.15) is 33.3 Å². The maximum Gasteiger partial charge on any atom is 0.147 e. The highest BCUT2D eigenvalue weighted by Crippen LogP contribution is 2.31. The minimum atomic E-state index is -0.0771. The Hall–Kier alpha value is -0.840. The van der Waals surface area contributed by atoms with E-state index >= 15 is 0 Å². The molecule has 0 bridgehead atoms. The first-order valence-corrected chi connectivity index (χ1v) is 7.98. The molecule has 5 heteroatoms. The van der Waals surface area contributed by atoms with Gasteiger partial charge in [0.25, 0.3) is 0 Å². The summed E-state index contributed by atoms with van der Waals surface area (Å²) in [7, 11) is 0. The third kappa shape index (κ3) is 4.31. The van der Waals surface area contributed by atoms with Crippen molar-refractivity contribution >= 4 is 17.4 Å². The summed E-state index contributed by atoms with van der Waals surface area (Å²) in [4.78, 5) is 6.83. The smallest absolute Gasteiger partial charge is 0.147 e. The number of halogens is 1. The summed E-state index contributed by atoms with van der Waals surface area (Å²) in [6.07, 6.45) is 1.92. The van der Waals surface area contributed by atoms with E-state index in [4.69, 9.17) is 16.3 Å². The normalized spacial score (nSPS) is 18.3. The van der Waals surface area contributed by atoms with Crippen LogP contribution in [-0.2, 0) is 11.3 Å². The van der Waals surface area contributed by atoms with Gasteiger partial charge in [-0.25, -0.2) is 4.98 Å². The molecule has 0 atom stereocenters. The van der Waals surface area contributed by atoms with Gasteiger partial charge in [-0.2, -0.15) is 0 Å². The number of aromatic nitrogens is 1. The molecule has 1 fully saturated rings. The van der Waals surface area contributed by atoms with Gasteiger partial charge in [-0.15, -0.1) is 0 Å². The van der Waals surface area contributed by atoms with Crippen LogP contribution in [0, 0.1) is 5.92 Å². The molecule has 0 radical (unpaired) electrons. The summed E-state index contributed by atoms with van der Waals surface area (Å²) < 4.78 is 5.55. The molecule has 0 amide bonds. The number of nitrogens with one attached hydrogen (secondary N) is 1. The predicted octanol–water partition coefficient (Wildman–Crippen LogP) is 3.10. The lowest BCUT2D eigenvalue weighted by Crippen LogP contribution is -2.53. The zero-order valence-corrected chi connectivity index (χ0v) is 14.2. The van der Waals surface area contributed by atoms with Crippen LogP contribution in [0.5, 0.6) is 0 Å². The lowest BCUT2D eigenvalue weighted by atomic mass is 10.0. The highest BCUT2D eigenvalue weighted by Gasteiger charge is 2.32. The Balaban J connectivity index is 2.08. The third-order valence-electron chi connectivity index (χ3n) is 3.66. The maximum atomic E-state index is 6.46. The van der Waals surface area contributed by atoms with E-state index in [1.165, 1.54) is 0 Å². The topological polar surface area (TPSA) is 37.4 Å². The van der Waals surface area contributed by atoms with Gasteiger partial charge in [0.15, 0.2) is 0 Å². The standard InChI is InChI=1S/C16H26ClN3O/c1-12(2)8-18-9-13-7-14(17)15(19-10-13)20-5-6-21-11-16(20,3)4/h7,10,12,18H,5-6,8-9,11H2,1-4H3. The fraction of sp³-hybridized carbons (Fsp3) is 0.688. The first-order chi connectivity index (χ1) is 9.90. The van der Waals surface area contributed by atoms with Crippen LogP contribution in [-0.4, -0.2) is 36.8 Å². The van der Waals surface area contributed by atoms with Crippen molar-refractivity contribution in [3.05, 3.63) is 22.8 Å². The van der Waals surface area contributed by atoms with Gasteiger partial charge >= 0.3 is 0 Å². The van der Waals surface area contributed by atoms with E-state index in [-0.39, 0.29) is 5.54 Å². The van der Waals surface area contributed by atoms with Crippen LogP contribution >= 0.6 is 11.6 Å². The molecule has 118 valence electrons. The average molecular weight is 312 g/mol. The molecule has 0 aromatic carbocycles. The zero-order valence-electron chi connectivity index (χ0n) is 13.4. The number of ether oxygens (including phenoxy) is 1. The summed E-state index contributed by atoms with van der Waals surface area (Å²) in [5, 5.41) is 4.13. The highest BCUT2D eigenvalue weighted by atomic mass is 35.5. The number of hydrogen-bond donors (Lipinski definition) is 1. The third-order valence-corrected chi connectivity index (χ3v) is 3.94. The van der Waals surface area contributed by atoms with E-state index in [0.29, 0.717) is 17.5 Å². The second-order valence-corrected chi connectivity index (χ2v) is 7.10. The van der Waals surface area contributed by atoms with Gasteiger partial charge in [-0.1, -0.05) is 25.4 Å². The van der Waals surface area contributed by atoms with Gasteiger partial charge in [0.1, 0.15) is 5.82 Å². The molecule has 1 aliphatic heterocycles. The Morgan fingerprint density at radius 1 is 1.48 bits per heavy atom. The minimum absolute atomic E-state index is 0.0771. The predicted molar refractivity (Wildman–Crippen MR) is 88.0 cm³/mol. The van der Waals surface area contributed by atoms with E-state index in [0.717, 1.165) is 37.6 Å². The molecule has 0 unspecified atom stereocenters. The first kappa shape index (κ1) is 16.5. The van der Waals surface area contributed by atoms with E-state index in [1.807, 2.05) is 12.3 Å². The van der Waals surface area contributed by atoms with E-state index in [2.05, 4.69) is 42.9 Å². The van der Waals surface area contributed by atoms with Crippen LogP contribution in [0.4, 0.5) is 5.82 Å². The van der Waals surface area contributed by atoms with Crippen molar-refractivity contribution in [2.75, 3.05) is 31.2 Å². The molecule has 0 saturated carbocycles. The SMILES string of the molecule is CC(C)CNCc1cnc(N2CCOCC2(C)C)c(Cl)c1. The fourth-order valence-electron chi connectivity index (χ4n) is 2.52. The van der Waals surface area contributed by atoms with Crippen molar-refractivity contribution in [3.8, 4) is 0 Å². The van der Waals surface area contributed by atoms with Crippen molar-refractivity contribution in [2.24, 2.45) is 5.92 Å².